The third-order valence-electron chi connectivity index (χ3n) is 4.10. The van der Waals surface area contributed by atoms with E-state index in [9.17, 15) is 4.79 Å². The van der Waals surface area contributed by atoms with Gasteiger partial charge in [0.15, 0.2) is 5.78 Å². The molecule has 1 heterocycles. The summed E-state index contributed by atoms with van der Waals surface area (Å²) in [6.07, 6.45) is 1.85. The molecule has 0 aliphatic rings. The molecule has 0 spiro atoms. The first-order valence-corrected chi connectivity index (χ1v) is 8.22. The average molecular weight is 335 g/mol. The number of Topliss-reactive ketones (excluding diaryl/α,β-unsaturated/α-hetero) is 1. The summed E-state index contributed by atoms with van der Waals surface area (Å²) in [5.74, 6) is 0.807. The molecule has 25 heavy (non-hydrogen) atoms. The van der Waals surface area contributed by atoms with Gasteiger partial charge in [0.2, 0.25) is 5.62 Å². The number of nitrogens with one attached hydrogen (secondary N) is 1. The summed E-state index contributed by atoms with van der Waals surface area (Å²) in [7, 11) is 1.83. The number of benzene rings is 2. The standard InChI is InChI=1S/C20H21N3O2/c1-3-25-17-11-9-15(10-12-17)18-13-23(20(21)22(18)2)14-19(24)16-7-5-4-6-8-16/h4-13,21H,3,14H2,1-2H3. The zero-order valence-corrected chi connectivity index (χ0v) is 14.4. The third kappa shape index (κ3) is 3.55. The van der Waals surface area contributed by atoms with Crippen LogP contribution >= 0.6 is 0 Å². The molecule has 0 bridgehead atoms. The van der Waals surface area contributed by atoms with Gasteiger partial charge in [-0.3, -0.25) is 10.2 Å². The SMILES string of the molecule is CCOc1ccc(-c2cn(CC(=O)c3ccccc3)c(=N)n2C)cc1. The van der Waals surface area contributed by atoms with Gasteiger partial charge in [0.25, 0.3) is 0 Å². The maximum atomic E-state index is 12.4. The molecule has 0 saturated carbocycles. The van der Waals surface area contributed by atoms with Crippen molar-refractivity contribution in [1.29, 1.82) is 5.41 Å². The lowest BCUT2D eigenvalue weighted by atomic mass is 10.1. The molecule has 0 unspecified atom stereocenters. The number of carbonyl (C=O) groups is 1. The first-order chi connectivity index (χ1) is 12.1. The van der Waals surface area contributed by atoms with Crippen LogP contribution in [-0.2, 0) is 13.6 Å². The maximum Gasteiger partial charge on any atom is 0.202 e. The van der Waals surface area contributed by atoms with Gasteiger partial charge in [-0.15, -0.1) is 0 Å². The lowest BCUT2D eigenvalue weighted by molar-refractivity contribution is 0.0970. The fourth-order valence-electron chi connectivity index (χ4n) is 2.75. The molecule has 0 aliphatic heterocycles. The minimum absolute atomic E-state index is 0.0112. The van der Waals surface area contributed by atoms with Crippen molar-refractivity contribution < 1.29 is 9.53 Å². The van der Waals surface area contributed by atoms with Crippen LogP contribution < -0.4 is 10.4 Å². The Morgan fingerprint density at radius 3 is 2.40 bits per heavy atom. The van der Waals surface area contributed by atoms with Crippen LogP contribution in [0.3, 0.4) is 0 Å². The molecule has 3 rings (SSSR count). The predicted octanol–water partition coefficient (Wildman–Crippen LogP) is 3.25. The summed E-state index contributed by atoms with van der Waals surface area (Å²) >= 11 is 0. The van der Waals surface area contributed by atoms with E-state index in [1.165, 1.54) is 0 Å². The first kappa shape index (κ1) is 16.8. The second-order valence-electron chi connectivity index (χ2n) is 5.77. The number of carbonyl (C=O) groups excluding carboxylic acids is 1. The Bertz CT molecular complexity index is 922. The summed E-state index contributed by atoms with van der Waals surface area (Å²) < 4.78 is 8.90. The largest absolute Gasteiger partial charge is 0.494 e. The summed E-state index contributed by atoms with van der Waals surface area (Å²) in [5.41, 5.74) is 2.80. The molecule has 0 saturated heterocycles. The molecule has 0 fully saturated rings. The monoisotopic (exact) mass is 335 g/mol. The highest BCUT2D eigenvalue weighted by Gasteiger charge is 2.12. The van der Waals surface area contributed by atoms with Gasteiger partial charge in [-0.2, -0.15) is 0 Å². The van der Waals surface area contributed by atoms with Crippen molar-refractivity contribution in [3.63, 3.8) is 0 Å². The van der Waals surface area contributed by atoms with Crippen LogP contribution in [0.1, 0.15) is 17.3 Å². The minimum atomic E-state index is -0.0112. The van der Waals surface area contributed by atoms with Crippen molar-refractivity contribution in [2.24, 2.45) is 7.05 Å². The first-order valence-electron chi connectivity index (χ1n) is 8.22. The van der Waals surface area contributed by atoms with Crippen LogP contribution in [-0.4, -0.2) is 21.5 Å². The van der Waals surface area contributed by atoms with Gasteiger partial charge >= 0.3 is 0 Å². The van der Waals surface area contributed by atoms with Crippen LogP contribution in [0.15, 0.2) is 60.8 Å². The zero-order chi connectivity index (χ0) is 17.8. The van der Waals surface area contributed by atoms with E-state index in [1.807, 2.05) is 62.6 Å². The lowest BCUT2D eigenvalue weighted by Gasteiger charge is -2.05. The number of aromatic nitrogens is 2. The summed E-state index contributed by atoms with van der Waals surface area (Å²) in [6, 6.07) is 16.9. The maximum absolute atomic E-state index is 12.4. The molecular formula is C20H21N3O2. The quantitative estimate of drug-likeness (QED) is 0.703. The van der Waals surface area contributed by atoms with Gasteiger partial charge in [-0.25, -0.2) is 0 Å². The molecule has 128 valence electrons. The molecule has 0 atom stereocenters. The number of rotatable bonds is 6. The molecule has 5 nitrogen and oxygen atoms in total. The number of imidazole rings is 1. The lowest BCUT2D eigenvalue weighted by Crippen LogP contribution is -2.25. The van der Waals surface area contributed by atoms with Gasteiger partial charge in [-0.1, -0.05) is 30.3 Å². The Morgan fingerprint density at radius 2 is 1.76 bits per heavy atom. The summed E-state index contributed by atoms with van der Waals surface area (Å²) in [4.78, 5) is 12.4. The highest BCUT2D eigenvalue weighted by molar-refractivity contribution is 5.95. The molecule has 1 aromatic heterocycles. The van der Waals surface area contributed by atoms with Crippen molar-refractivity contribution in [2.45, 2.75) is 13.5 Å². The normalized spacial score (nSPS) is 10.6. The Hall–Kier alpha value is -3.08. The smallest absolute Gasteiger partial charge is 0.202 e. The van der Waals surface area contributed by atoms with Gasteiger partial charge in [-0.05, 0) is 36.8 Å². The zero-order valence-electron chi connectivity index (χ0n) is 14.4. The second kappa shape index (κ2) is 7.21. The third-order valence-corrected chi connectivity index (χ3v) is 4.10. The molecular weight excluding hydrogens is 314 g/mol. The predicted molar refractivity (Wildman–Crippen MR) is 96.6 cm³/mol. The van der Waals surface area contributed by atoms with E-state index in [4.69, 9.17) is 10.1 Å². The van der Waals surface area contributed by atoms with E-state index in [0.717, 1.165) is 17.0 Å². The van der Waals surface area contributed by atoms with Crippen molar-refractivity contribution in [3.05, 3.63) is 72.0 Å². The van der Waals surface area contributed by atoms with E-state index in [1.54, 1.807) is 21.3 Å². The minimum Gasteiger partial charge on any atom is -0.494 e. The van der Waals surface area contributed by atoms with Gasteiger partial charge in [0, 0.05) is 18.8 Å². The topological polar surface area (TPSA) is 60.0 Å². The highest BCUT2D eigenvalue weighted by atomic mass is 16.5. The van der Waals surface area contributed by atoms with Crippen molar-refractivity contribution in [3.8, 4) is 17.0 Å². The van der Waals surface area contributed by atoms with Crippen LogP contribution in [0.25, 0.3) is 11.3 Å². The summed E-state index contributed by atoms with van der Waals surface area (Å²) in [6.45, 7) is 2.72. The molecule has 5 heteroatoms. The van der Waals surface area contributed by atoms with Crippen LogP contribution in [0.5, 0.6) is 5.75 Å². The number of nitrogens with zero attached hydrogens (tertiary/aromatic N) is 2. The van der Waals surface area contributed by atoms with Gasteiger partial charge in [0.05, 0.1) is 18.8 Å². The molecule has 3 aromatic rings. The molecule has 0 radical (unpaired) electrons. The number of hydrogen-bond acceptors (Lipinski definition) is 3. The fourth-order valence-corrected chi connectivity index (χ4v) is 2.75. The molecule has 0 aliphatic carbocycles. The van der Waals surface area contributed by atoms with Gasteiger partial charge < -0.3 is 13.9 Å². The van der Waals surface area contributed by atoms with Crippen molar-refractivity contribution in [1.82, 2.24) is 9.13 Å². The van der Waals surface area contributed by atoms with Crippen molar-refractivity contribution >= 4 is 5.78 Å². The fraction of sp³-hybridized carbons (Fsp3) is 0.200. The van der Waals surface area contributed by atoms with Crippen molar-refractivity contribution in [2.75, 3.05) is 6.61 Å². The average Bonchev–Trinajstić information content (AvgIpc) is 2.92. The van der Waals surface area contributed by atoms with Crippen LogP contribution in [0.4, 0.5) is 0 Å². The molecule has 1 N–H and O–H groups in total. The summed E-state index contributed by atoms with van der Waals surface area (Å²) in [5, 5.41) is 8.28. The van der Waals surface area contributed by atoms with Gasteiger partial charge in [0.1, 0.15) is 5.75 Å². The number of ether oxygens (including phenoxy) is 1. The second-order valence-corrected chi connectivity index (χ2v) is 5.77. The molecule has 2 aromatic carbocycles. The Balaban J connectivity index is 1.87. The van der Waals surface area contributed by atoms with E-state index in [0.29, 0.717) is 12.2 Å². The Kier molecular flexibility index (Phi) is 4.84. The van der Waals surface area contributed by atoms with E-state index < -0.39 is 0 Å². The number of hydrogen-bond donors (Lipinski definition) is 1. The molecule has 0 amide bonds. The highest BCUT2D eigenvalue weighted by Crippen LogP contribution is 2.21. The Morgan fingerprint density at radius 1 is 1.08 bits per heavy atom. The van der Waals surface area contributed by atoms with Crippen LogP contribution in [0.2, 0.25) is 0 Å². The van der Waals surface area contributed by atoms with E-state index in [2.05, 4.69) is 0 Å². The number of ketones is 1. The van der Waals surface area contributed by atoms with Crippen LogP contribution in [0, 0.1) is 5.41 Å². The van der Waals surface area contributed by atoms with E-state index in [-0.39, 0.29) is 17.9 Å². The Labute approximate surface area is 146 Å². The van der Waals surface area contributed by atoms with E-state index >= 15 is 0 Å².